The average Bonchev–Trinajstić information content (AvgIpc) is 2.79. The molecule has 0 saturated heterocycles. The summed E-state index contributed by atoms with van der Waals surface area (Å²) in [5.74, 6) is 0.0469. The Morgan fingerprint density at radius 2 is 2.11 bits per heavy atom. The zero-order valence-electron chi connectivity index (χ0n) is 11.1. The number of carbonyl (C=O) groups is 1. The van der Waals surface area contributed by atoms with Crippen LogP contribution < -0.4 is 11.1 Å². The molecule has 0 saturated carbocycles. The highest BCUT2D eigenvalue weighted by Gasteiger charge is 2.19. The van der Waals surface area contributed by atoms with E-state index in [1.807, 2.05) is 20.8 Å². The van der Waals surface area contributed by atoms with Crippen molar-refractivity contribution in [3.8, 4) is 0 Å². The molecule has 2 aromatic rings. The highest BCUT2D eigenvalue weighted by molar-refractivity contribution is 6.04. The van der Waals surface area contributed by atoms with Crippen LogP contribution in [0.3, 0.4) is 0 Å². The van der Waals surface area contributed by atoms with Gasteiger partial charge in [0.05, 0.1) is 6.20 Å². The van der Waals surface area contributed by atoms with Crippen LogP contribution in [0.15, 0.2) is 29.1 Å². The molecule has 0 atom stereocenters. The van der Waals surface area contributed by atoms with Crippen molar-refractivity contribution in [2.75, 3.05) is 11.1 Å². The number of nitrogens with one attached hydrogen (secondary N) is 1. The second kappa shape index (κ2) is 4.72. The van der Waals surface area contributed by atoms with E-state index in [-0.39, 0.29) is 11.3 Å². The number of pyridine rings is 1. The van der Waals surface area contributed by atoms with Gasteiger partial charge in [-0.25, -0.2) is 4.98 Å². The van der Waals surface area contributed by atoms with E-state index in [0.29, 0.717) is 17.1 Å². The predicted octanol–water partition coefficient (Wildman–Crippen LogP) is 2.20. The number of hydrogen-bond acceptors (Lipinski definition) is 5. The summed E-state index contributed by atoms with van der Waals surface area (Å²) in [7, 11) is 0. The first-order chi connectivity index (χ1) is 8.86. The highest BCUT2D eigenvalue weighted by atomic mass is 16.5. The van der Waals surface area contributed by atoms with Crippen molar-refractivity contribution in [3.63, 3.8) is 0 Å². The van der Waals surface area contributed by atoms with Gasteiger partial charge in [-0.15, -0.1) is 0 Å². The zero-order chi connectivity index (χ0) is 14.0. The number of aromatic nitrogens is 2. The molecular formula is C13H16N4O2. The molecule has 100 valence electrons. The van der Waals surface area contributed by atoms with Crippen LogP contribution in [0.25, 0.3) is 0 Å². The largest absolute Gasteiger partial charge is 0.384 e. The minimum Gasteiger partial charge on any atom is -0.384 e. The maximum atomic E-state index is 12.1. The van der Waals surface area contributed by atoms with Gasteiger partial charge in [-0.05, 0) is 12.1 Å². The Morgan fingerprint density at radius 1 is 1.37 bits per heavy atom. The Bertz CT molecular complexity index is 585. The Hall–Kier alpha value is -2.37. The summed E-state index contributed by atoms with van der Waals surface area (Å²) < 4.78 is 4.65. The van der Waals surface area contributed by atoms with Crippen LogP contribution in [0.1, 0.15) is 36.8 Å². The lowest BCUT2D eigenvalue weighted by atomic mass is 9.90. The van der Waals surface area contributed by atoms with Gasteiger partial charge in [0.2, 0.25) is 0 Å². The van der Waals surface area contributed by atoms with Gasteiger partial charge in [0.15, 0.2) is 0 Å². The van der Waals surface area contributed by atoms with Crippen molar-refractivity contribution >= 4 is 17.4 Å². The van der Waals surface area contributed by atoms with E-state index in [9.17, 15) is 4.79 Å². The van der Waals surface area contributed by atoms with Gasteiger partial charge in [0.25, 0.3) is 5.91 Å². The fraction of sp³-hybridized carbons (Fsp3) is 0.308. The third-order valence-electron chi connectivity index (χ3n) is 2.57. The van der Waals surface area contributed by atoms with Crippen LogP contribution in [-0.2, 0) is 5.41 Å². The fourth-order valence-electron chi connectivity index (χ4n) is 1.54. The lowest BCUT2D eigenvalue weighted by Crippen LogP contribution is -2.18. The molecule has 0 spiro atoms. The van der Waals surface area contributed by atoms with E-state index in [1.54, 1.807) is 6.07 Å². The second-order valence-electron chi connectivity index (χ2n) is 5.28. The molecule has 0 aromatic carbocycles. The number of nitrogens with two attached hydrogens (primary N) is 1. The predicted molar refractivity (Wildman–Crippen MR) is 71.8 cm³/mol. The summed E-state index contributed by atoms with van der Waals surface area (Å²) in [6.45, 7) is 6.03. The minimum absolute atomic E-state index is 0.179. The first-order valence-electron chi connectivity index (χ1n) is 5.85. The van der Waals surface area contributed by atoms with Crippen molar-refractivity contribution in [1.82, 2.24) is 10.1 Å². The van der Waals surface area contributed by atoms with Crippen LogP contribution >= 0.6 is 0 Å². The van der Waals surface area contributed by atoms with Crippen LogP contribution in [0.5, 0.6) is 0 Å². The number of hydrogen-bond donors (Lipinski definition) is 2. The molecule has 6 nitrogen and oxygen atoms in total. The van der Waals surface area contributed by atoms with Crippen molar-refractivity contribution in [2.45, 2.75) is 26.2 Å². The molecule has 3 N–H and O–H groups in total. The van der Waals surface area contributed by atoms with Gasteiger partial charge in [-0.1, -0.05) is 25.9 Å². The first kappa shape index (κ1) is 13.1. The molecule has 0 aliphatic rings. The van der Waals surface area contributed by atoms with Crippen LogP contribution in [0.2, 0.25) is 0 Å². The van der Waals surface area contributed by atoms with E-state index in [1.165, 1.54) is 18.5 Å². The summed E-state index contributed by atoms with van der Waals surface area (Å²) in [6.07, 6.45) is 2.78. The Labute approximate surface area is 111 Å². The SMILES string of the molecule is CC(C)(C)c1cc(C(=O)Nc2cnoc2)cc(N)n1. The maximum absolute atomic E-state index is 12.1. The molecule has 0 bridgehead atoms. The van der Waals surface area contributed by atoms with Crippen molar-refractivity contribution in [2.24, 2.45) is 0 Å². The lowest BCUT2D eigenvalue weighted by molar-refractivity contribution is 0.102. The van der Waals surface area contributed by atoms with Crippen molar-refractivity contribution in [1.29, 1.82) is 0 Å². The number of carbonyl (C=O) groups excluding carboxylic acids is 1. The fourth-order valence-corrected chi connectivity index (χ4v) is 1.54. The molecule has 19 heavy (non-hydrogen) atoms. The number of nitrogen functional groups attached to an aromatic ring is 1. The van der Waals surface area contributed by atoms with Gasteiger partial charge in [-0.2, -0.15) is 0 Å². The van der Waals surface area contributed by atoms with Crippen molar-refractivity contribution in [3.05, 3.63) is 35.9 Å². The molecule has 2 aromatic heterocycles. The molecule has 0 radical (unpaired) electrons. The Morgan fingerprint density at radius 3 is 2.68 bits per heavy atom. The van der Waals surface area contributed by atoms with Gasteiger partial charge in [0.1, 0.15) is 17.8 Å². The van der Waals surface area contributed by atoms with Crippen LogP contribution in [0.4, 0.5) is 11.5 Å². The lowest BCUT2D eigenvalue weighted by Gasteiger charge is -2.18. The summed E-state index contributed by atoms with van der Waals surface area (Å²) >= 11 is 0. The Balaban J connectivity index is 2.29. The number of anilines is 2. The summed E-state index contributed by atoms with van der Waals surface area (Å²) in [5, 5.41) is 6.18. The second-order valence-corrected chi connectivity index (χ2v) is 5.28. The highest BCUT2D eigenvalue weighted by Crippen LogP contribution is 2.23. The van der Waals surface area contributed by atoms with E-state index < -0.39 is 0 Å². The van der Waals surface area contributed by atoms with E-state index in [0.717, 1.165) is 5.69 Å². The summed E-state index contributed by atoms with van der Waals surface area (Å²) in [4.78, 5) is 16.3. The summed E-state index contributed by atoms with van der Waals surface area (Å²) in [6, 6.07) is 3.28. The zero-order valence-corrected chi connectivity index (χ0v) is 11.1. The molecule has 6 heteroatoms. The van der Waals surface area contributed by atoms with Crippen LogP contribution in [-0.4, -0.2) is 16.0 Å². The standard InChI is InChI=1S/C13H16N4O2/c1-13(2,3)10-4-8(5-11(14)17-10)12(18)16-9-6-15-19-7-9/h4-7H,1-3H3,(H2,14,17)(H,16,18). The normalized spacial score (nSPS) is 11.3. The molecule has 0 fully saturated rings. The molecule has 0 unspecified atom stereocenters. The van der Waals surface area contributed by atoms with E-state index in [4.69, 9.17) is 5.73 Å². The third-order valence-corrected chi connectivity index (χ3v) is 2.57. The molecule has 2 rings (SSSR count). The van der Waals surface area contributed by atoms with Gasteiger partial charge >= 0.3 is 0 Å². The molecule has 2 heterocycles. The third kappa shape index (κ3) is 3.09. The number of nitrogens with zero attached hydrogens (tertiary/aromatic N) is 2. The van der Waals surface area contributed by atoms with Gasteiger partial charge in [0, 0.05) is 16.7 Å². The molecule has 0 aliphatic carbocycles. The van der Waals surface area contributed by atoms with E-state index in [2.05, 4.69) is 20.0 Å². The summed E-state index contributed by atoms with van der Waals surface area (Å²) in [5.41, 5.74) is 7.29. The monoisotopic (exact) mass is 260 g/mol. The maximum Gasteiger partial charge on any atom is 0.255 e. The molecular weight excluding hydrogens is 244 g/mol. The quantitative estimate of drug-likeness (QED) is 0.863. The molecule has 1 amide bonds. The van der Waals surface area contributed by atoms with Gasteiger partial charge < -0.3 is 15.6 Å². The number of amides is 1. The molecule has 0 aliphatic heterocycles. The number of rotatable bonds is 2. The van der Waals surface area contributed by atoms with Crippen LogP contribution in [0, 0.1) is 0 Å². The van der Waals surface area contributed by atoms with Gasteiger partial charge in [-0.3, -0.25) is 4.79 Å². The average molecular weight is 260 g/mol. The van der Waals surface area contributed by atoms with Crippen molar-refractivity contribution < 1.29 is 9.32 Å². The minimum atomic E-state index is -0.275. The Kier molecular flexibility index (Phi) is 3.25. The smallest absolute Gasteiger partial charge is 0.255 e. The van der Waals surface area contributed by atoms with E-state index >= 15 is 0 Å². The topological polar surface area (TPSA) is 94.0 Å². The first-order valence-corrected chi connectivity index (χ1v) is 5.85.